The minimum Gasteiger partial charge on any atom is -0.389 e. The lowest BCUT2D eigenvalue weighted by molar-refractivity contribution is -0.288. The molecule has 26 heavy (non-hydrogen) atoms. The Bertz CT molecular complexity index is 490. The van der Waals surface area contributed by atoms with Gasteiger partial charge in [0.2, 0.25) is 5.91 Å². The molecule has 0 aromatic carbocycles. The Labute approximate surface area is 158 Å². The van der Waals surface area contributed by atoms with Crippen LogP contribution in [0.3, 0.4) is 0 Å². The van der Waals surface area contributed by atoms with Gasteiger partial charge in [-0.2, -0.15) is 0 Å². The fourth-order valence-electron chi connectivity index (χ4n) is 3.13. The highest BCUT2D eigenvalue weighted by Gasteiger charge is 2.48. The number of nitrogens with one attached hydrogen (secondary N) is 1. The van der Waals surface area contributed by atoms with Gasteiger partial charge in [0.15, 0.2) is 6.29 Å². The predicted molar refractivity (Wildman–Crippen MR) is 92.9 cm³/mol. The largest absolute Gasteiger partial charge is 0.389 e. The molecule has 1 saturated heterocycles. The van der Waals surface area contributed by atoms with Gasteiger partial charge in [0.25, 0.3) is 0 Å². The molecule has 2 fully saturated rings. The summed E-state index contributed by atoms with van der Waals surface area (Å²) in [5, 5.41) is 42.9. The normalized spacial score (nSPS) is 46.8. The van der Waals surface area contributed by atoms with E-state index in [1.807, 2.05) is 0 Å². The average Bonchev–Trinajstić information content (AvgIpc) is 2.61. The molecule has 0 aromatic rings. The molecule has 1 saturated carbocycles. The molecule has 0 bridgehead atoms. The molecule has 0 aromatic heterocycles. The van der Waals surface area contributed by atoms with Crippen LogP contribution in [0.2, 0.25) is 0 Å². The van der Waals surface area contributed by atoms with Gasteiger partial charge in [0.1, 0.15) is 30.5 Å². The first-order valence-electron chi connectivity index (χ1n) is 8.30. The van der Waals surface area contributed by atoms with E-state index < -0.39 is 61.0 Å². The van der Waals surface area contributed by atoms with Crippen LogP contribution in [0.25, 0.3) is 0 Å². The lowest BCUT2D eigenvalue weighted by Gasteiger charge is -2.45. The van der Waals surface area contributed by atoms with Gasteiger partial charge in [0.05, 0.1) is 17.5 Å². The molecule has 0 unspecified atom stereocenters. The SMILES string of the molecule is N[C@H]1[C@@H](O[C@H]2[C@H](O)[C@@H](O)[C@H](N)C[C@@H]2N)O[C@H](CNC(=O)CBr)[C@@H](O)[C@@H]1O. The van der Waals surface area contributed by atoms with E-state index in [0.29, 0.717) is 0 Å². The number of carbonyl (C=O) groups excluding carboxylic acids is 1. The number of hydrogen-bond acceptors (Lipinski definition) is 10. The number of nitrogens with two attached hydrogens (primary N) is 3. The second kappa shape index (κ2) is 9.19. The molecule has 0 spiro atoms. The molecule has 1 amide bonds. The number of carbonyl (C=O) groups is 1. The van der Waals surface area contributed by atoms with Crippen molar-refractivity contribution in [3.05, 3.63) is 0 Å². The zero-order valence-corrected chi connectivity index (χ0v) is 15.6. The summed E-state index contributed by atoms with van der Waals surface area (Å²) in [6, 6.07) is -2.50. The Hall–Kier alpha value is -0.410. The minimum atomic E-state index is -1.39. The summed E-state index contributed by atoms with van der Waals surface area (Å²) in [6.07, 6.45) is -8.34. The maximum absolute atomic E-state index is 11.4. The third kappa shape index (κ3) is 4.70. The van der Waals surface area contributed by atoms with Crippen molar-refractivity contribution < 1.29 is 34.7 Å². The molecule has 1 aliphatic carbocycles. The second-order valence-electron chi connectivity index (χ2n) is 6.68. The zero-order chi connectivity index (χ0) is 19.6. The molecule has 11 nitrogen and oxygen atoms in total. The highest BCUT2D eigenvalue weighted by Crippen LogP contribution is 2.27. The molecule has 1 aliphatic heterocycles. The topological polar surface area (TPSA) is 207 Å². The van der Waals surface area contributed by atoms with Crippen LogP contribution >= 0.6 is 15.9 Å². The van der Waals surface area contributed by atoms with E-state index in [1.165, 1.54) is 0 Å². The van der Waals surface area contributed by atoms with Crippen LogP contribution in [0, 0.1) is 0 Å². The Kier molecular flexibility index (Phi) is 7.73. The van der Waals surface area contributed by atoms with Gasteiger partial charge < -0.3 is 52.4 Å². The fourth-order valence-corrected chi connectivity index (χ4v) is 3.33. The molecule has 10 atom stereocenters. The van der Waals surface area contributed by atoms with Gasteiger partial charge >= 0.3 is 0 Å². The van der Waals surface area contributed by atoms with Gasteiger partial charge in [0, 0.05) is 18.6 Å². The van der Waals surface area contributed by atoms with Gasteiger partial charge in [-0.05, 0) is 6.42 Å². The number of alkyl halides is 1. The van der Waals surface area contributed by atoms with E-state index in [1.54, 1.807) is 0 Å². The number of halogens is 1. The first-order valence-corrected chi connectivity index (χ1v) is 9.42. The molecule has 11 N–H and O–H groups in total. The first-order chi connectivity index (χ1) is 12.2. The summed E-state index contributed by atoms with van der Waals surface area (Å²) in [6.45, 7) is -0.0813. The average molecular weight is 443 g/mol. The van der Waals surface area contributed by atoms with Crippen LogP contribution in [-0.4, -0.2) is 99.2 Å². The standard InChI is InChI=1S/C14H27BrN4O7/c15-2-7(20)19-3-6-10(22)11(23)8(18)14(25-6)26-13-5(17)1-4(16)9(21)12(13)24/h4-6,8-14,21-24H,1-3,16-18H2,(H,19,20)/t4-,5+,6-,8-,9+,10-,11-,12-,13-,14-/m1/s1. The van der Waals surface area contributed by atoms with Crippen molar-refractivity contribution in [3.8, 4) is 0 Å². The van der Waals surface area contributed by atoms with Crippen molar-refractivity contribution in [1.82, 2.24) is 5.32 Å². The Balaban J connectivity index is 2.05. The summed E-state index contributed by atoms with van der Waals surface area (Å²) < 4.78 is 11.2. The molecule has 2 rings (SSSR count). The van der Waals surface area contributed by atoms with Gasteiger partial charge in [-0.1, -0.05) is 15.9 Å². The quantitative estimate of drug-likeness (QED) is 0.191. The van der Waals surface area contributed by atoms with E-state index >= 15 is 0 Å². The fraction of sp³-hybridized carbons (Fsp3) is 0.929. The molecule has 12 heteroatoms. The number of amides is 1. The molecule has 152 valence electrons. The smallest absolute Gasteiger partial charge is 0.230 e. The molecular formula is C14H27BrN4O7. The molecule has 0 radical (unpaired) electrons. The van der Waals surface area contributed by atoms with E-state index in [2.05, 4.69) is 21.2 Å². The maximum Gasteiger partial charge on any atom is 0.230 e. The highest BCUT2D eigenvalue weighted by atomic mass is 79.9. The summed E-state index contributed by atoms with van der Waals surface area (Å²) in [5.74, 6) is -0.329. The molecule has 1 heterocycles. The summed E-state index contributed by atoms with van der Waals surface area (Å²) >= 11 is 2.99. The van der Waals surface area contributed by atoms with E-state index in [9.17, 15) is 25.2 Å². The summed E-state index contributed by atoms with van der Waals surface area (Å²) in [4.78, 5) is 11.4. The van der Waals surface area contributed by atoms with E-state index in [-0.39, 0.29) is 24.2 Å². The lowest BCUT2D eigenvalue weighted by atomic mass is 9.84. The van der Waals surface area contributed by atoms with Gasteiger partial charge in [-0.15, -0.1) is 0 Å². The van der Waals surface area contributed by atoms with Crippen LogP contribution in [0.1, 0.15) is 6.42 Å². The highest BCUT2D eigenvalue weighted by molar-refractivity contribution is 9.09. The van der Waals surface area contributed by atoms with Crippen LogP contribution < -0.4 is 22.5 Å². The van der Waals surface area contributed by atoms with Crippen molar-refractivity contribution in [2.24, 2.45) is 17.2 Å². The summed E-state index contributed by atoms with van der Waals surface area (Å²) in [5.41, 5.74) is 17.5. The van der Waals surface area contributed by atoms with Crippen molar-refractivity contribution in [3.63, 3.8) is 0 Å². The van der Waals surface area contributed by atoms with Crippen LogP contribution in [0.5, 0.6) is 0 Å². The number of rotatable bonds is 5. The van der Waals surface area contributed by atoms with Crippen LogP contribution in [0.4, 0.5) is 0 Å². The Morgan fingerprint density at radius 3 is 2.35 bits per heavy atom. The van der Waals surface area contributed by atoms with E-state index in [0.717, 1.165) is 0 Å². The van der Waals surface area contributed by atoms with Crippen molar-refractivity contribution in [2.45, 2.75) is 67.5 Å². The third-order valence-electron chi connectivity index (χ3n) is 4.75. The number of aliphatic hydroxyl groups excluding tert-OH is 4. The number of aliphatic hydroxyl groups is 4. The monoisotopic (exact) mass is 442 g/mol. The van der Waals surface area contributed by atoms with Gasteiger partial charge in [-0.25, -0.2) is 0 Å². The summed E-state index contributed by atoms with van der Waals surface area (Å²) in [7, 11) is 0. The van der Waals surface area contributed by atoms with Crippen molar-refractivity contribution in [1.29, 1.82) is 0 Å². The lowest BCUT2D eigenvalue weighted by Crippen LogP contribution is -2.67. The number of ether oxygens (including phenoxy) is 2. The molecular weight excluding hydrogens is 416 g/mol. The second-order valence-corrected chi connectivity index (χ2v) is 7.25. The van der Waals surface area contributed by atoms with Crippen LogP contribution in [-0.2, 0) is 14.3 Å². The van der Waals surface area contributed by atoms with Gasteiger partial charge in [-0.3, -0.25) is 4.79 Å². The van der Waals surface area contributed by atoms with E-state index in [4.69, 9.17) is 26.7 Å². The first kappa shape index (κ1) is 21.9. The number of hydrogen-bond donors (Lipinski definition) is 8. The Morgan fingerprint density at radius 1 is 1.08 bits per heavy atom. The van der Waals surface area contributed by atoms with Crippen molar-refractivity contribution in [2.75, 3.05) is 11.9 Å². The predicted octanol–water partition coefficient (Wildman–Crippen LogP) is -4.56. The third-order valence-corrected chi connectivity index (χ3v) is 5.26. The van der Waals surface area contributed by atoms with Crippen LogP contribution in [0.15, 0.2) is 0 Å². The minimum absolute atomic E-state index is 0.0685. The zero-order valence-electron chi connectivity index (χ0n) is 14.0. The molecule has 2 aliphatic rings. The Morgan fingerprint density at radius 2 is 1.73 bits per heavy atom. The maximum atomic E-state index is 11.4. The van der Waals surface area contributed by atoms with Crippen molar-refractivity contribution >= 4 is 21.8 Å².